The van der Waals surface area contributed by atoms with E-state index in [-0.39, 0.29) is 0 Å². The SMILES string of the molecule is CCc1cc2nn1CCOc1ccccc1-2. The van der Waals surface area contributed by atoms with Crippen molar-refractivity contribution in [2.45, 2.75) is 19.9 Å². The topological polar surface area (TPSA) is 27.1 Å². The van der Waals surface area contributed by atoms with Crippen molar-refractivity contribution in [1.29, 1.82) is 0 Å². The Labute approximate surface area is 94.7 Å². The second-order valence-corrected chi connectivity index (χ2v) is 3.94. The Kier molecular flexibility index (Phi) is 2.17. The average Bonchev–Trinajstić information content (AvgIpc) is 2.72. The summed E-state index contributed by atoms with van der Waals surface area (Å²) in [5, 5.41) is 4.62. The van der Waals surface area contributed by atoms with Gasteiger partial charge in [-0.1, -0.05) is 19.1 Å². The van der Waals surface area contributed by atoms with E-state index in [1.807, 2.05) is 22.9 Å². The number of aryl methyl sites for hydroxylation is 1. The molecule has 1 aromatic heterocycles. The quantitative estimate of drug-likeness (QED) is 0.729. The summed E-state index contributed by atoms with van der Waals surface area (Å²) in [5.74, 6) is 0.939. The molecule has 3 rings (SSSR count). The molecule has 1 aliphatic rings. The number of rotatable bonds is 1. The minimum Gasteiger partial charge on any atom is -0.491 e. The van der Waals surface area contributed by atoms with E-state index in [0.717, 1.165) is 30.0 Å². The Morgan fingerprint density at radius 2 is 2.25 bits per heavy atom. The summed E-state index contributed by atoms with van der Waals surface area (Å²) >= 11 is 0. The molecule has 0 atom stereocenters. The summed E-state index contributed by atoms with van der Waals surface area (Å²) in [5.41, 5.74) is 3.39. The number of aromatic nitrogens is 2. The molecule has 16 heavy (non-hydrogen) atoms. The van der Waals surface area contributed by atoms with E-state index in [1.165, 1.54) is 5.69 Å². The van der Waals surface area contributed by atoms with Crippen LogP contribution in [0.3, 0.4) is 0 Å². The van der Waals surface area contributed by atoms with Crippen molar-refractivity contribution < 1.29 is 4.74 Å². The number of ether oxygens (including phenoxy) is 1. The molecule has 3 nitrogen and oxygen atoms in total. The van der Waals surface area contributed by atoms with E-state index < -0.39 is 0 Å². The van der Waals surface area contributed by atoms with Gasteiger partial charge < -0.3 is 4.74 Å². The molecular weight excluding hydrogens is 200 g/mol. The van der Waals surface area contributed by atoms with Crippen molar-refractivity contribution in [3.05, 3.63) is 36.0 Å². The molecule has 0 amide bonds. The van der Waals surface area contributed by atoms with E-state index in [1.54, 1.807) is 0 Å². The Morgan fingerprint density at radius 1 is 1.38 bits per heavy atom. The summed E-state index contributed by atoms with van der Waals surface area (Å²) in [4.78, 5) is 0. The van der Waals surface area contributed by atoms with Crippen molar-refractivity contribution in [3.63, 3.8) is 0 Å². The molecule has 2 aromatic rings. The second kappa shape index (κ2) is 3.67. The molecule has 1 aromatic carbocycles. The highest BCUT2D eigenvalue weighted by atomic mass is 16.5. The van der Waals surface area contributed by atoms with Gasteiger partial charge in [0.05, 0.1) is 12.2 Å². The highest BCUT2D eigenvalue weighted by molar-refractivity contribution is 5.67. The van der Waals surface area contributed by atoms with E-state index >= 15 is 0 Å². The molecule has 0 saturated heterocycles. The highest BCUT2D eigenvalue weighted by Gasteiger charge is 2.15. The first kappa shape index (κ1) is 9.46. The molecule has 82 valence electrons. The fourth-order valence-corrected chi connectivity index (χ4v) is 2.11. The lowest BCUT2D eigenvalue weighted by atomic mass is 10.1. The summed E-state index contributed by atoms with van der Waals surface area (Å²) in [6, 6.07) is 10.2. The molecule has 0 N–H and O–H groups in total. The maximum absolute atomic E-state index is 5.75. The predicted molar refractivity (Wildman–Crippen MR) is 62.5 cm³/mol. The summed E-state index contributed by atoms with van der Waals surface area (Å²) < 4.78 is 7.79. The molecule has 0 fully saturated rings. The number of fused-ring (bicyclic) bond motifs is 4. The van der Waals surface area contributed by atoms with Crippen LogP contribution >= 0.6 is 0 Å². The lowest BCUT2D eigenvalue weighted by Gasteiger charge is -2.13. The van der Waals surface area contributed by atoms with Crippen LogP contribution in [-0.4, -0.2) is 16.4 Å². The molecule has 0 saturated carbocycles. The van der Waals surface area contributed by atoms with Crippen molar-refractivity contribution >= 4 is 0 Å². The molecule has 3 heteroatoms. The first-order valence-electron chi connectivity index (χ1n) is 5.67. The Morgan fingerprint density at radius 3 is 3.12 bits per heavy atom. The van der Waals surface area contributed by atoms with E-state index in [2.05, 4.69) is 24.2 Å². The minimum absolute atomic E-state index is 0.686. The zero-order valence-corrected chi connectivity index (χ0v) is 9.31. The van der Waals surface area contributed by atoms with Crippen LogP contribution in [-0.2, 0) is 13.0 Å². The predicted octanol–water partition coefficient (Wildman–Crippen LogP) is 2.50. The molecule has 0 unspecified atom stereocenters. The van der Waals surface area contributed by atoms with Crippen molar-refractivity contribution in [1.82, 2.24) is 9.78 Å². The van der Waals surface area contributed by atoms with Crippen molar-refractivity contribution in [2.24, 2.45) is 0 Å². The van der Waals surface area contributed by atoms with Crippen LogP contribution in [0.1, 0.15) is 12.6 Å². The summed E-state index contributed by atoms with van der Waals surface area (Å²) in [6.07, 6.45) is 1.01. The molecule has 2 heterocycles. The molecule has 2 bridgehead atoms. The average molecular weight is 214 g/mol. The van der Waals surface area contributed by atoms with Gasteiger partial charge in [0.1, 0.15) is 12.4 Å². The van der Waals surface area contributed by atoms with Gasteiger partial charge in [-0.05, 0) is 24.6 Å². The highest BCUT2D eigenvalue weighted by Crippen LogP contribution is 2.30. The lowest BCUT2D eigenvalue weighted by molar-refractivity contribution is 0.287. The number of hydrogen-bond acceptors (Lipinski definition) is 2. The zero-order valence-electron chi connectivity index (χ0n) is 9.31. The van der Waals surface area contributed by atoms with Crippen LogP contribution in [0.5, 0.6) is 5.75 Å². The molecular formula is C13H14N2O. The fraction of sp³-hybridized carbons (Fsp3) is 0.308. The van der Waals surface area contributed by atoms with Gasteiger partial charge in [-0.15, -0.1) is 0 Å². The summed E-state index contributed by atoms with van der Waals surface area (Å²) in [7, 11) is 0. The van der Waals surface area contributed by atoms with Crippen LogP contribution in [0.4, 0.5) is 0 Å². The normalized spacial score (nSPS) is 13.6. The maximum atomic E-state index is 5.75. The Hall–Kier alpha value is -1.77. The van der Waals surface area contributed by atoms with E-state index in [4.69, 9.17) is 4.74 Å². The van der Waals surface area contributed by atoms with Gasteiger partial charge in [-0.2, -0.15) is 5.10 Å². The van der Waals surface area contributed by atoms with Gasteiger partial charge in [0, 0.05) is 11.3 Å². The lowest BCUT2D eigenvalue weighted by Crippen LogP contribution is -2.13. The van der Waals surface area contributed by atoms with Crippen LogP contribution in [0, 0.1) is 0 Å². The monoisotopic (exact) mass is 214 g/mol. The largest absolute Gasteiger partial charge is 0.491 e. The fourth-order valence-electron chi connectivity index (χ4n) is 2.11. The second-order valence-electron chi connectivity index (χ2n) is 3.94. The van der Waals surface area contributed by atoms with Gasteiger partial charge in [-0.3, -0.25) is 4.68 Å². The van der Waals surface area contributed by atoms with Gasteiger partial charge in [0.2, 0.25) is 0 Å². The molecule has 0 aliphatic carbocycles. The standard InChI is InChI=1S/C13H14N2O/c1-2-10-9-12-11-5-3-4-6-13(11)16-8-7-15(10)14-12/h3-6,9H,2,7-8H2,1H3. The van der Waals surface area contributed by atoms with Crippen LogP contribution < -0.4 is 4.74 Å². The Bertz CT molecular complexity index is 513. The first-order chi connectivity index (χ1) is 7.88. The van der Waals surface area contributed by atoms with Gasteiger partial charge in [0.15, 0.2) is 0 Å². The molecule has 0 radical (unpaired) electrons. The third kappa shape index (κ3) is 1.40. The third-order valence-electron chi connectivity index (χ3n) is 2.95. The van der Waals surface area contributed by atoms with Gasteiger partial charge in [-0.25, -0.2) is 0 Å². The Balaban J connectivity index is 2.19. The van der Waals surface area contributed by atoms with Gasteiger partial charge in [0.25, 0.3) is 0 Å². The van der Waals surface area contributed by atoms with Crippen molar-refractivity contribution in [2.75, 3.05) is 6.61 Å². The maximum Gasteiger partial charge on any atom is 0.128 e. The molecule has 1 aliphatic heterocycles. The van der Waals surface area contributed by atoms with Crippen LogP contribution in [0.2, 0.25) is 0 Å². The smallest absolute Gasteiger partial charge is 0.128 e. The minimum atomic E-state index is 0.686. The van der Waals surface area contributed by atoms with E-state index in [9.17, 15) is 0 Å². The summed E-state index contributed by atoms with van der Waals surface area (Å²) in [6.45, 7) is 3.67. The van der Waals surface area contributed by atoms with Crippen LogP contribution in [0.15, 0.2) is 30.3 Å². The van der Waals surface area contributed by atoms with Crippen LogP contribution in [0.25, 0.3) is 11.3 Å². The van der Waals surface area contributed by atoms with E-state index in [0.29, 0.717) is 6.61 Å². The number of para-hydroxylation sites is 1. The zero-order chi connectivity index (χ0) is 11.0. The van der Waals surface area contributed by atoms with Gasteiger partial charge >= 0.3 is 0 Å². The number of hydrogen-bond donors (Lipinski definition) is 0. The first-order valence-corrected chi connectivity index (χ1v) is 5.67. The molecule has 0 spiro atoms. The third-order valence-corrected chi connectivity index (χ3v) is 2.95. The number of nitrogens with zero attached hydrogens (tertiary/aromatic N) is 2. The number of benzene rings is 1. The van der Waals surface area contributed by atoms with Crippen molar-refractivity contribution in [3.8, 4) is 17.0 Å².